The molecule has 1 heterocycles. The largest absolute Gasteiger partial charge is 0.465 e. The van der Waals surface area contributed by atoms with Crippen molar-refractivity contribution < 1.29 is 13.9 Å². The van der Waals surface area contributed by atoms with Crippen molar-refractivity contribution in [3.05, 3.63) is 82.9 Å². The van der Waals surface area contributed by atoms with Gasteiger partial charge in [0.15, 0.2) is 0 Å². The molecular weight excluding hydrogens is 317 g/mol. The lowest BCUT2D eigenvalue weighted by molar-refractivity contribution is 0.0600. The molecule has 4 heteroatoms. The maximum absolute atomic E-state index is 13.3. The molecule has 0 spiro atoms. The van der Waals surface area contributed by atoms with Gasteiger partial charge in [-0.25, -0.2) is 9.18 Å². The molecule has 0 aliphatic rings. The normalized spacial score (nSPS) is 10.7. The Balaban J connectivity index is 2.17. The number of hydrogen-bond donors (Lipinski definition) is 0. The van der Waals surface area contributed by atoms with Gasteiger partial charge in [0.25, 0.3) is 0 Å². The predicted octanol–water partition coefficient (Wildman–Crippen LogP) is 4.75. The zero-order valence-corrected chi connectivity index (χ0v) is 14.5. The molecule has 3 rings (SSSR count). The van der Waals surface area contributed by atoms with E-state index in [9.17, 15) is 9.18 Å². The lowest BCUT2D eigenvalue weighted by Gasteiger charge is -2.10. The molecule has 0 N–H and O–H groups in total. The molecule has 1 aromatic heterocycles. The maximum atomic E-state index is 13.3. The van der Waals surface area contributed by atoms with Crippen LogP contribution in [0.2, 0.25) is 0 Å². The van der Waals surface area contributed by atoms with E-state index in [1.807, 2.05) is 44.2 Å². The molecule has 128 valence electrons. The molecular formula is C21H20FNO2. The van der Waals surface area contributed by atoms with Crippen molar-refractivity contribution in [1.29, 1.82) is 0 Å². The number of esters is 1. The Kier molecular flexibility index (Phi) is 4.70. The number of carbonyl (C=O) groups excluding carboxylic acids is 1. The topological polar surface area (TPSA) is 31.2 Å². The van der Waals surface area contributed by atoms with E-state index < -0.39 is 0 Å². The highest BCUT2D eigenvalue weighted by Gasteiger charge is 2.24. The van der Waals surface area contributed by atoms with E-state index in [1.54, 1.807) is 12.1 Å². The number of nitrogens with zero attached hydrogens (tertiary/aromatic N) is 1. The number of rotatable bonds is 4. The van der Waals surface area contributed by atoms with Crippen LogP contribution in [0.25, 0.3) is 11.1 Å². The van der Waals surface area contributed by atoms with Gasteiger partial charge in [-0.15, -0.1) is 0 Å². The van der Waals surface area contributed by atoms with E-state index in [4.69, 9.17) is 4.74 Å². The summed E-state index contributed by atoms with van der Waals surface area (Å²) in [6, 6.07) is 16.2. The first-order chi connectivity index (χ1) is 12.0. The van der Waals surface area contributed by atoms with Gasteiger partial charge in [0, 0.05) is 23.5 Å². The molecule has 0 atom stereocenters. The molecule has 0 bridgehead atoms. The fourth-order valence-corrected chi connectivity index (χ4v) is 3.21. The molecule has 0 saturated heterocycles. The number of ether oxygens (including phenoxy) is 1. The Bertz CT molecular complexity index is 896. The third-order valence-corrected chi connectivity index (χ3v) is 4.49. The summed E-state index contributed by atoms with van der Waals surface area (Å²) >= 11 is 0. The van der Waals surface area contributed by atoms with Gasteiger partial charge >= 0.3 is 5.97 Å². The maximum Gasteiger partial charge on any atom is 0.340 e. The second-order valence-electron chi connectivity index (χ2n) is 5.99. The van der Waals surface area contributed by atoms with Crippen molar-refractivity contribution in [3.63, 3.8) is 0 Å². The van der Waals surface area contributed by atoms with Crippen molar-refractivity contribution in [2.75, 3.05) is 7.11 Å². The first kappa shape index (κ1) is 17.0. The number of hydrogen-bond acceptors (Lipinski definition) is 2. The highest BCUT2D eigenvalue weighted by Crippen LogP contribution is 2.33. The molecule has 0 unspecified atom stereocenters. The Morgan fingerprint density at radius 2 is 1.64 bits per heavy atom. The highest BCUT2D eigenvalue weighted by molar-refractivity contribution is 5.99. The lowest BCUT2D eigenvalue weighted by atomic mass is 10.0. The third-order valence-electron chi connectivity index (χ3n) is 4.49. The Hall–Kier alpha value is -2.88. The summed E-state index contributed by atoms with van der Waals surface area (Å²) in [6.45, 7) is 4.54. The minimum atomic E-state index is -0.383. The molecule has 3 nitrogen and oxygen atoms in total. The van der Waals surface area contributed by atoms with Gasteiger partial charge in [-0.2, -0.15) is 0 Å². The van der Waals surface area contributed by atoms with Gasteiger partial charge in [0.05, 0.1) is 12.7 Å². The smallest absolute Gasteiger partial charge is 0.340 e. The minimum absolute atomic E-state index is 0.304. The summed E-state index contributed by atoms with van der Waals surface area (Å²) in [7, 11) is 1.38. The fraction of sp³-hybridized carbons (Fsp3) is 0.190. The summed E-state index contributed by atoms with van der Waals surface area (Å²) in [5, 5.41) is 0. The molecule has 2 aromatic carbocycles. The van der Waals surface area contributed by atoms with Crippen LogP contribution in [-0.4, -0.2) is 17.6 Å². The van der Waals surface area contributed by atoms with E-state index in [0.29, 0.717) is 12.1 Å². The fourth-order valence-electron chi connectivity index (χ4n) is 3.21. The Morgan fingerprint density at radius 3 is 2.24 bits per heavy atom. The predicted molar refractivity (Wildman–Crippen MR) is 96.2 cm³/mol. The average molecular weight is 337 g/mol. The van der Waals surface area contributed by atoms with Crippen molar-refractivity contribution >= 4 is 5.97 Å². The van der Waals surface area contributed by atoms with Gasteiger partial charge in [0.1, 0.15) is 5.82 Å². The molecule has 0 saturated carbocycles. The van der Waals surface area contributed by atoms with Crippen LogP contribution in [0.15, 0.2) is 54.6 Å². The molecule has 3 aromatic rings. The number of carbonyl (C=O) groups is 1. The molecule has 0 amide bonds. The van der Waals surface area contributed by atoms with Crippen molar-refractivity contribution in [2.24, 2.45) is 0 Å². The average Bonchev–Trinajstić information content (AvgIpc) is 2.87. The van der Waals surface area contributed by atoms with Gasteiger partial charge in [-0.05, 0) is 37.1 Å². The lowest BCUT2D eigenvalue weighted by Crippen LogP contribution is -2.07. The molecule has 0 aliphatic heterocycles. The van der Waals surface area contributed by atoms with Crippen LogP contribution < -0.4 is 0 Å². The Labute approximate surface area is 146 Å². The van der Waals surface area contributed by atoms with Crippen molar-refractivity contribution in [3.8, 4) is 11.1 Å². The summed E-state index contributed by atoms with van der Waals surface area (Å²) in [4.78, 5) is 12.4. The van der Waals surface area contributed by atoms with Gasteiger partial charge in [-0.1, -0.05) is 42.5 Å². The van der Waals surface area contributed by atoms with Crippen LogP contribution in [-0.2, 0) is 11.3 Å². The van der Waals surface area contributed by atoms with E-state index in [0.717, 1.165) is 28.1 Å². The van der Waals surface area contributed by atoms with Gasteiger partial charge in [-0.3, -0.25) is 0 Å². The standard InChI is InChI=1S/C21H20FNO2/c1-14-19(17-9-11-18(22)12-10-17)20(21(24)25-3)15(2)23(14)13-16-7-5-4-6-8-16/h4-12H,13H2,1-3H3. The van der Waals surface area contributed by atoms with Gasteiger partial charge in [0.2, 0.25) is 0 Å². The number of halogens is 1. The van der Waals surface area contributed by atoms with Crippen LogP contribution in [0.1, 0.15) is 27.3 Å². The zero-order chi connectivity index (χ0) is 18.0. The van der Waals surface area contributed by atoms with E-state index in [2.05, 4.69) is 4.57 Å². The molecule has 0 aliphatic carbocycles. The quantitative estimate of drug-likeness (QED) is 0.644. The van der Waals surface area contributed by atoms with Crippen molar-refractivity contribution in [2.45, 2.75) is 20.4 Å². The van der Waals surface area contributed by atoms with Gasteiger partial charge < -0.3 is 9.30 Å². The van der Waals surface area contributed by atoms with Crippen LogP contribution in [0.3, 0.4) is 0 Å². The summed E-state index contributed by atoms with van der Waals surface area (Å²) in [5.74, 6) is -0.687. The van der Waals surface area contributed by atoms with Crippen LogP contribution in [0.5, 0.6) is 0 Å². The van der Waals surface area contributed by atoms with Crippen LogP contribution >= 0.6 is 0 Å². The summed E-state index contributed by atoms with van der Waals surface area (Å²) in [6.07, 6.45) is 0. The Morgan fingerprint density at radius 1 is 1.00 bits per heavy atom. The summed E-state index contributed by atoms with van der Waals surface area (Å²) < 4.78 is 20.4. The monoisotopic (exact) mass is 337 g/mol. The zero-order valence-electron chi connectivity index (χ0n) is 14.5. The minimum Gasteiger partial charge on any atom is -0.465 e. The SMILES string of the molecule is COC(=O)c1c(-c2ccc(F)cc2)c(C)n(Cc2ccccc2)c1C. The highest BCUT2D eigenvalue weighted by atomic mass is 19.1. The van der Waals surface area contributed by atoms with Crippen LogP contribution in [0, 0.1) is 19.7 Å². The second-order valence-corrected chi connectivity index (χ2v) is 5.99. The number of methoxy groups -OCH3 is 1. The van der Waals surface area contributed by atoms with E-state index in [1.165, 1.54) is 19.2 Å². The first-order valence-corrected chi connectivity index (χ1v) is 8.10. The number of benzene rings is 2. The van der Waals surface area contributed by atoms with E-state index >= 15 is 0 Å². The molecule has 0 fully saturated rings. The first-order valence-electron chi connectivity index (χ1n) is 8.10. The van der Waals surface area contributed by atoms with Crippen LogP contribution in [0.4, 0.5) is 4.39 Å². The van der Waals surface area contributed by atoms with E-state index in [-0.39, 0.29) is 11.8 Å². The second kappa shape index (κ2) is 6.93. The number of aromatic nitrogens is 1. The third kappa shape index (κ3) is 3.20. The molecule has 0 radical (unpaired) electrons. The summed E-state index contributed by atoms with van der Waals surface area (Å²) in [5.41, 5.74) is 5.06. The molecule has 25 heavy (non-hydrogen) atoms. The van der Waals surface area contributed by atoms with Crippen molar-refractivity contribution in [1.82, 2.24) is 4.57 Å².